The van der Waals surface area contributed by atoms with Crippen molar-refractivity contribution in [1.82, 2.24) is 19.7 Å². The Morgan fingerprint density at radius 1 is 1.15 bits per heavy atom. The van der Waals surface area contributed by atoms with Gasteiger partial charge >= 0.3 is 6.09 Å². The number of carbonyl (C=O) groups excluding carboxylic acids is 1. The molecule has 2 heterocycles. The number of halogens is 1. The van der Waals surface area contributed by atoms with Crippen LogP contribution < -0.4 is 0 Å². The van der Waals surface area contributed by atoms with Gasteiger partial charge in [-0.3, -0.25) is 4.98 Å². The molecule has 0 fully saturated rings. The van der Waals surface area contributed by atoms with E-state index < -0.39 is 27.3 Å². The van der Waals surface area contributed by atoms with Crippen LogP contribution >= 0.6 is 0 Å². The van der Waals surface area contributed by atoms with Crippen LogP contribution in [0.2, 0.25) is 0 Å². The molecule has 0 radical (unpaired) electrons. The molecule has 0 bridgehead atoms. The number of pyridine rings is 1. The zero-order valence-electron chi connectivity index (χ0n) is 19.5. The molecule has 33 heavy (non-hydrogen) atoms. The number of carbonyl (C=O) groups is 1. The summed E-state index contributed by atoms with van der Waals surface area (Å²) < 4.78 is 47.5. The van der Waals surface area contributed by atoms with Crippen LogP contribution in [-0.4, -0.2) is 46.8 Å². The Balaban J connectivity index is 2.10. The van der Waals surface area contributed by atoms with E-state index in [4.69, 9.17) is 4.74 Å². The number of amides is 1. The van der Waals surface area contributed by atoms with Gasteiger partial charge in [-0.1, -0.05) is 6.07 Å². The number of rotatable bonds is 5. The highest BCUT2D eigenvalue weighted by Crippen LogP contribution is 2.27. The van der Waals surface area contributed by atoms with Gasteiger partial charge in [0.25, 0.3) is 0 Å². The standard InChI is InChI=1S/C23H27FN4O4S/c1-15-7-9-17(24)11-20(15)28-21(33(30,31)19-10-8-16(2)25-13-19)12-18(26-28)14-27(6)22(29)32-23(3,4)5/h7-13H,14H2,1-6H3. The molecule has 0 spiro atoms. The lowest BCUT2D eigenvalue weighted by molar-refractivity contribution is 0.0283. The van der Waals surface area contributed by atoms with Crippen LogP contribution in [0.15, 0.2) is 52.5 Å². The average Bonchev–Trinajstić information content (AvgIpc) is 3.13. The Morgan fingerprint density at radius 3 is 2.45 bits per heavy atom. The highest BCUT2D eigenvalue weighted by molar-refractivity contribution is 7.91. The van der Waals surface area contributed by atoms with Crippen LogP contribution in [0, 0.1) is 19.7 Å². The van der Waals surface area contributed by atoms with Crippen molar-refractivity contribution >= 4 is 15.9 Å². The highest BCUT2D eigenvalue weighted by atomic mass is 32.2. The van der Waals surface area contributed by atoms with E-state index in [0.29, 0.717) is 17.0 Å². The third-order valence-electron chi connectivity index (χ3n) is 4.70. The summed E-state index contributed by atoms with van der Waals surface area (Å²) in [6.07, 6.45) is 0.693. The van der Waals surface area contributed by atoms with E-state index in [9.17, 15) is 17.6 Å². The second-order valence-corrected chi connectivity index (χ2v) is 10.7. The fraction of sp³-hybridized carbons (Fsp3) is 0.348. The van der Waals surface area contributed by atoms with Crippen LogP contribution in [0.1, 0.15) is 37.7 Å². The van der Waals surface area contributed by atoms with Crippen molar-refractivity contribution < 1.29 is 22.3 Å². The first-order valence-corrected chi connectivity index (χ1v) is 11.7. The second-order valence-electron chi connectivity index (χ2n) is 8.79. The molecule has 10 heteroatoms. The zero-order chi connectivity index (χ0) is 24.6. The van der Waals surface area contributed by atoms with Crippen molar-refractivity contribution in [3.63, 3.8) is 0 Å². The van der Waals surface area contributed by atoms with Crippen molar-refractivity contribution in [1.29, 1.82) is 0 Å². The number of ether oxygens (including phenoxy) is 1. The van der Waals surface area contributed by atoms with Crippen molar-refractivity contribution in [3.05, 3.63) is 65.4 Å². The van der Waals surface area contributed by atoms with Crippen molar-refractivity contribution in [3.8, 4) is 5.69 Å². The van der Waals surface area contributed by atoms with Crippen LogP contribution in [0.4, 0.5) is 9.18 Å². The molecule has 1 aromatic carbocycles. The van der Waals surface area contributed by atoms with Crippen LogP contribution in [-0.2, 0) is 21.1 Å². The van der Waals surface area contributed by atoms with E-state index >= 15 is 0 Å². The predicted molar refractivity (Wildman–Crippen MR) is 120 cm³/mol. The molecule has 176 valence electrons. The molecule has 0 aliphatic carbocycles. The molecule has 3 aromatic rings. The van der Waals surface area contributed by atoms with E-state index in [1.807, 2.05) is 0 Å². The summed E-state index contributed by atoms with van der Waals surface area (Å²) >= 11 is 0. The third kappa shape index (κ3) is 5.57. The van der Waals surface area contributed by atoms with E-state index in [0.717, 1.165) is 0 Å². The number of sulfone groups is 1. The second kappa shape index (κ2) is 8.93. The first kappa shape index (κ1) is 24.4. The molecular weight excluding hydrogens is 447 g/mol. The van der Waals surface area contributed by atoms with Gasteiger partial charge in [0.15, 0.2) is 5.03 Å². The van der Waals surface area contributed by atoms with E-state index in [1.165, 1.54) is 47.1 Å². The monoisotopic (exact) mass is 474 g/mol. The van der Waals surface area contributed by atoms with Crippen molar-refractivity contribution in [2.45, 2.75) is 56.7 Å². The lowest BCUT2D eigenvalue weighted by Gasteiger charge is -2.24. The Morgan fingerprint density at radius 2 is 1.85 bits per heavy atom. The minimum atomic E-state index is -4.05. The number of benzene rings is 1. The van der Waals surface area contributed by atoms with E-state index in [-0.39, 0.29) is 22.2 Å². The molecule has 0 aliphatic rings. The topological polar surface area (TPSA) is 94.4 Å². The van der Waals surface area contributed by atoms with Crippen LogP contribution in [0.25, 0.3) is 5.69 Å². The SMILES string of the molecule is Cc1ccc(S(=O)(=O)c2cc(CN(C)C(=O)OC(C)(C)C)nn2-c2cc(F)ccc2C)cn1. The van der Waals surface area contributed by atoms with E-state index in [2.05, 4.69) is 10.1 Å². The molecule has 1 amide bonds. The van der Waals surface area contributed by atoms with Crippen LogP contribution in [0.5, 0.6) is 0 Å². The summed E-state index contributed by atoms with van der Waals surface area (Å²) in [6.45, 7) is 8.72. The lowest BCUT2D eigenvalue weighted by Crippen LogP contribution is -2.33. The minimum Gasteiger partial charge on any atom is -0.444 e. The van der Waals surface area contributed by atoms with Crippen molar-refractivity contribution in [2.75, 3.05) is 7.05 Å². The number of aryl methyl sites for hydroxylation is 2. The quantitative estimate of drug-likeness (QED) is 0.550. The van der Waals surface area contributed by atoms with Gasteiger partial charge in [0.2, 0.25) is 9.84 Å². The maximum absolute atomic E-state index is 14.0. The van der Waals surface area contributed by atoms with Gasteiger partial charge in [-0.15, -0.1) is 0 Å². The number of hydrogen-bond acceptors (Lipinski definition) is 6. The Kier molecular flexibility index (Phi) is 6.60. The fourth-order valence-electron chi connectivity index (χ4n) is 3.04. The summed E-state index contributed by atoms with van der Waals surface area (Å²) in [7, 11) is -2.52. The summed E-state index contributed by atoms with van der Waals surface area (Å²) in [5.41, 5.74) is 1.19. The maximum atomic E-state index is 14.0. The molecule has 0 aliphatic heterocycles. The number of nitrogens with zero attached hydrogens (tertiary/aromatic N) is 4. The van der Waals surface area contributed by atoms with Gasteiger partial charge in [0.05, 0.1) is 22.8 Å². The van der Waals surface area contributed by atoms with E-state index in [1.54, 1.807) is 46.8 Å². The third-order valence-corrected chi connectivity index (χ3v) is 6.40. The maximum Gasteiger partial charge on any atom is 0.410 e. The van der Waals surface area contributed by atoms with Crippen molar-refractivity contribution in [2.24, 2.45) is 0 Å². The first-order chi connectivity index (χ1) is 15.3. The van der Waals surface area contributed by atoms with Gasteiger partial charge in [-0.2, -0.15) is 5.10 Å². The number of aromatic nitrogens is 3. The van der Waals surface area contributed by atoms with Crippen LogP contribution in [0.3, 0.4) is 0 Å². The Bertz CT molecular complexity index is 1280. The molecule has 0 atom stereocenters. The highest BCUT2D eigenvalue weighted by Gasteiger charge is 2.27. The molecule has 0 unspecified atom stereocenters. The summed E-state index contributed by atoms with van der Waals surface area (Å²) in [5.74, 6) is -0.529. The zero-order valence-corrected chi connectivity index (χ0v) is 20.3. The lowest BCUT2D eigenvalue weighted by atomic mass is 10.2. The molecule has 2 aromatic heterocycles. The summed E-state index contributed by atoms with van der Waals surface area (Å²) in [4.78, 5) is 17.7. The van der Waals surface area contributed by atoms with Gasteiger partial charge in [0.1, 0.15) is 11.4 Å². The molecule has 0 saturated heterocycles. The fourth-order valence-corrected chi connectivity index (χ4v) is 4.38. The minimum absolute atomic E-state index is 0.00898. The average molecular weight is 475 g/mol. The molecular formula is C23H27FN4O4S. The molecule has 3 rings (SSSR count). The first-order valence-electron chi connectivity index (χ1n) is 10.3. The summed E-state index contributed by atoms with van der Waals surface area (Å²) in [6, 6.07) is 8.48. The molecule has 0 saturated carbocycles. The summed E-state index contributed by atoms with van der Waals surface area (Å²) in [5, 5.41) is 4.25. The Labute approximate surface area is 192 Å². The predicted octanol–water partition coefficient (Wildman–Crippen LogP) is 4.22. The van der Waals surface area contributed by atoms with Gasteiger partial charge in [-0.05, 0) is 64.4 Å². The molecule has 8 nitrogen and oxygen atoms in total. The smallest absolute Gasteiger partial charge is 0.410 e. The molecule has 0 N–H and O–H groups in total. The van der Waals surface area contributed by atoms with Gasteiger partial charge in [0, 0.05) is 25.0 Å². The Hall–Kier alpha value is -3.27. The number of hydrogen-bond donors (Lipinski definition) is 0. The van der Waals surface area contributed by atoms with Gasteiger partial charge < -0.3 is 9.64 Å². The largest absolute Gasteiger partial charge is 0.444 e. The van der Waals surface area contributed by atoms with Gasteiger partial charge in [-0.25, -0.2) is 22.3 Å². The normalized spacial score (nSPS) is 12.0.